The Balaban J connectivity index is 1.87. The molecule has 2 amide bonds. The highest BCUT2D eigenvalue weighted by Gasteiger charge is 2.10. The van der Waals surface area contributed by atoms with Gasteiger partial charge in [0, 0.05) is 17.6 Å². The van der Waals surface area contributed by atoms with Gasteiger partial charge in [0.15, 0.2) is 11.5 Å². The van der Waals surface area contributed by atoms with Crippen molar-refractivity contribution >= 4 is 41.3 Å². The summed E-state index contributed by atoms with van der Waals surface area (Å²) < 4.78 is 10.1. The smallest absolute Gasteiger partial charge is 0.308 e. The average Bonchev–Trinajstić information content (AvgIpc) is 2.64. The van der Waals surface area contributed by atoms with Gasteiger partial charge in [-0.3, -0.25) is 14.4 Å². The van der Waals surface area contributed by atoms with Gasteiger partial charge in [0.25, 0.3) is 0 Å². The lowest BCUT2D eigenvalue weighted by molar-refractivity contribution is -0.132. The molecule has 146 valence electrons. The summed E-state index contributed by atoms with van der Waals surface area (Å²) in [6.07, 6.45) is 0.976. The van der Waals surface area contributed by atoms with E-state index >= 15 is 0 Å². The molecule has 8 nitrogen and oxygen atoms in total. The minimum atomic E-state index is -0.578. The first kappa shape index (κ1) is 20.9. The van der Waals surface area contributed by atoms with Crippen LogP contribution in [0.3, 0.4) is 0 Å². The Kier molecular flexibility index (Phi) is 7.53. The lowest BCUT2D eigenvalue weighted by Gasteiger charge is -2.08. The zero-order valence-corrected chi connectivity index (χ0v) is 15.9. The van der Waals surface area contributed by atoms with E-state index in [1.54, 1.807) is 42.5 Å². The molecule has 0 saturated heterocycles. The lowest BCUT2D eigenvalue weighted by atomic mass is 10.2. The van der Waals surface area contributed by atoms with E-state index in [0.717, 1.165) is 0 Å². The van der Waals surface area contributed by atoms with Gasteiger partial charge in [-0.2, -0.15) is 5.10 Å². The number of nitrogens with one attached hydrogen (secondary N) is 2. The van der Waals surface area contributed by atoms with E-state index in [1.165, 1.54) is 20.2 Å². The summed E-state index contributed by atoms with van der Waals surface area (Å²) >= 11 is 5.77. The Morgan fingerprint density at radius 3 is 2.43 bits per heavy atom. The molecule has 2 N–H and O–H groups in total. The molecule has 0 spiro atoms. The van der Waals surface area contributed by atoms with Crippen LogP contribution in [0.5, 0.6) is 11.5 Å². The number of hydrogen-bond acceptors (Lipinski definition) is 6. The van der Waals surface area contributed by atoms with Crippen molar-refractivity contribution in [3.05, 3.63) is 53.1 Å². The van der Waals surface area contributed by atoms with Crippen LogP contribution < -0.4 is 20.2 Å². The van der Waals surface area contributed by atoms with Gasteiger partial charge in [0.2, 0.25) is 11.8 Å². The van der Waals surface area contributed by atoms with Crippen LogP contribution in [0.15, 0.2) is 47.6 Å². The summed E-state index contributed by atoms with van der Waals surface area (Å²) in [5.41, 5.74) is 3.39. The maximum atomic E-state index is 11.8. The third-order valence-corrected chi connectivity index (χ3v) is 3.55. The van der Waals surface area contributed by atoms with Gasteiger partial charge in [-0.05, 0) is 48.0 Å². The number of ether oxygens (including phenoxy) is 2. The number of halogens is 1. The van der Waals surface area contributed by atoms with Crippen LogP contribution in [0.1, 0.15) is 18.9 Å². The molecule has 2 aromatic rings. The molecule has 0 unspecified atom stereocenters. The molecule has 0 radical (unpaired) electrons. The van der Waals surface area contributed by atoms with Crippen molar-refractivity contribution in [1.82, 2.24) is 5.43 Å². The molecule has 0 aromatic heterocycles. The molecule has 0 bridgehead atoms. The SMILES string of the molecule is COc1cc(/C=N/NC(=O)CC(=O)Nc2ccc(Cl)cc2)ccc1OC(C)=O. The monoisotopic (exact) mass is 403 g/mol. The molecule has 9 heteroatoms. The molecular formula is C19H18ClN3O5. The van der Waals surface area contributed by atoms with E-state index in [-0.39, 0.29) is 5.75 Å². The normalized spacial score (nSPS) is 10.4. The van der Waals surface area contributed by atoms with Crippen molar-refractivity contribution < 1.29 is 23.9 Å². The summed E-state index contributed by atoms with van der Waals surface area (Å²) in [6.45, 7) is 1.29. The highest BCUT2D eigenvalue weighted by Crippen LogP contribution is 2.27. The number of carbonyl (C=O) groups is 3. The van der Waals surface area contributed by atoms with E-state index in [9.17, 15) is 14.4 Å². The van der Waals surface area contributed by atoms with Crippen molar-refractivity contribution in [3.8, 4) is 11.5 Å². The topological polar surface area (TPSA) is 106 Å². The molecule has 0 aliphatic rings. The first-order valence-corrected chi connectivity index (χ1v) is 8.49. The first-order valence-electron chi connectivity index (χ1n) is 8.11. The number of hydrazone groups is 1. The summed E-state index contributed by atoms with van der Waals surface area (Å²) in [5, 5.41) is 6.91. The number of rotatable bonds is 7. The Hall–Kier alpha value is -3.39. The van der Waals surface area contributed by atoms with Gasteiger partial charge in [0.05, 0.1) is 13.3 Å². The van der Waals surface area contributed by atoms with Crippen LogP contribution in [-0.4, -0.2) is 31.1 Å². The van der Waals surface area contributed by atoms with Gasteiger partial charge in [-0.15, -0.1) is 0 Å². The Morgan fingerprint density at radius 2 is 1.79 bits per heavy atom. The number of esters is 1. The zero-order chi connectivity index (χ0) is 20.5. The third kappa shape index (κ3) is 6.73. The van der Waals surface area contributed by atoms with Gasteiger partial charge >= 0.3 is 5.97 Å². The third-order valence-electron chi connectivity index (χ3n) is 3.29. The Morgan fingerprint density at radius 1 is 1.07 bits per heavy atom. The molecule has 0 atom stereocenters. The fraction of sp³-hybridized carbons (Fsp3) is 0.158. The molecular weight excluding hydrogens is 386 g/mol. The van der Waals surface area contributed by atoms with Crippen molar-refractivity contribution in [1.29, 1.82) is 0 Å². The van der Waals surface area contributed by atoms with Gasteiger partial charge in [-0.1, -0.05) is 11.6 Å². The highest BCUT2D eigenvalue weighted by atomic mass is 35.5. The van der Waals surface area contributed by atoms with E-state index in [1.807, 2.05) is 0 Å². The van der Waals surface area contributed by atoms with Crippen molar-refractivity contribution in [2.24, 2.45) is 5.10 Å². The van der Waals surface area contributed by atoms with Crippen LogP contribution in [0.4, 0.5) is 5.69 Å². The molecule has 0 saturated carbocycles. The molecule has 2 aromatic carbocycles. The fourth-order valence-corrected chi connectivity index (χ4v) is 2.23. The number of hydrogen-bond donors (Lipinski definition) is 2. The summed E-state index contributed by atoms with van der Waals surface area (Å²) in [7, 11) is 1.43. The zero-order valence-electron chi connectivity index (χ0n) is 15.2. The van der Waals surface area contributed by atoms with Crippen LogP contribution >= 0.6 is 11.6 Å². The number of amides is 2. The van der Waals surface area contributed by atoms with E-state index < -0.39 is 24.2 Å². The van der Waals surface area contributed by atoms with Crippen molar-refractivity contribution in [2.75, 3.05) is 12.4 Å². The maximum Gasteiger partial charge on any atom is 0.308 e. The fourth-order valence-electron chi connectivity index (χ4n) is 2.11. The summed E-state index contributed by atoms with van der Waals surface area (Å²) in [5.74, 6) is -0.916. The van der Waals surface area contributed by atoms with Gasteiger partial charge in [-0.25, -0.2) is 5.43 Å². The average molecular weight is 404 g/mol. The number of nitrogens with zero attached hydrogens (tertiary/aromatic N) is 1. The molecule has 0 fully saturated rings. The Bertz CT molecular complexity index is 897. The largest absolute Gasteiger partial charge is 0.493 e. The van der Waals surface area contributed by atoms with Crippen molar-refractivity contribution in [2.45, 2.75) is 13.3 Å². The van der Waals surface area contributed by atoms with Crippen molar-refractivity contribution in [3.63, 3.8) is 0 Å². The summed E-state index contributed by atoms with van der Waals surface area (Å²) in [4.78, 5) is 34.7. The second kappa shape index (κ2) is 10.1. The quantitative estimate of drug-likeness (QED) is 0.243. The summed E-state index contributed by atoms with van der Waals surface area (Å²) in [6, 6.07) is 11.3. The van der Waals surface area contributed by atoms with E-state index in [4.69, 9.17) is 21.1 Å². The van der Waals surface area contributed by atoms with Crippen LogP contribution in [0.2, 0.25) is 5.02 Å². The highest BCUT2D eigenvalue weighted by molar-refractivity contribution is 6.30. The van der Waals surface area contributed by atoms with Crippen LogP contribution in [0, 0.1) is 0 Å². The lowest BCUT2D eigenvalue weighted by Crippen LogP contribution is -2.24. The number of anilines is 1. The van der Waals surface area contributed by atoms with Crippen LogP contribution in [-0.2, 0) is 14.4 Å². The molecule has 2 rings (SSSR count). The molecule has 0 aliphatic carbocycles. The standard InChI is InChI=1S/C19H18ClN3O5/c1-12(24)28-16-8-3-13(9-17(16)27-2)11-21-23-19(26)10-18(25)22-15-6-4-14(20)5-7-15/h3-9,11H,10H2,1-2H3,(H,22,25)(H,23,26)/b21-11+. The second-order valence-electron chi connectivity index (χ2n) is 5.53. The van der Waals surface area contributed by atoms with Gasteiger partial charge in [0.1, 0.15) is 6.42 Å². The molecule has 0 aliphatic heterocycles. The second-order valence-corrected chi connectivity index (χ2v) is 5.97. The van der Waals surface area contributed by atoms with E-state index in [2.05, 4.69) is 15.8 Å². The number of methoxy groups -OCH3 is 1. The molecule has 0 heterocycles. The van der Waals surface area contributed by atoms with Gasteiger partial charge < -0.3 is 14.8 Å². The minimum Gasteiger partial charge on any atom is -0.493 e. The number of carbonyl (C=O) groups excluding carboxylic acids is 3. The minimum absolute atomic E-state index is 0.273. The predicted octanol–water partition coefficient (Wildman–Crippen LogP) is 2.75. The Labute approximate surface area is 166 Å². The number of benzene rings is 2. The maximum absolute atomic E-state index is 11.8. The molecule has 28 heavy (non-hydrogen) atoms. The van der Waals surface area contributed by atoms with E-state index in [0.29, 0.717) is 22.0 Å². The van der Waals surface area contributed by atoms with Crippen LogP contribution in [0.25, 0.3) is 0 Å². The first-order chi connectivity index (χ1) is 13.4. The predicted molar refractivity (Wildman–Crippen MR) is 105 cm³/mol.